The van der Waals surface area contributed by atoms with E-state index in [4.69, 9.17) is 0 Å². The van der Waals surface area contributed by atoms with Crippen LogP contribution in [0.5, 0.6) is 5.75 Å². The van der Waals surface area contributed by atoms with E-state index < -0.39 is 23.0 Å². The van der Waals surface area contributed by atoms with Crippen LogP contribution in [0, 0.1) is 0 Å². The van der Waals surface area contributed by atoms with Crippen LogP contribution in [0.25, 0.3) is 10.9 Å². The molecule has 2 heterocycles. The summed E-state index contributed by atoms with van der Waals surface area (Å²) in [5, 5.41) is 10.3. The highest BCUT2D eigenvalue weighted by Gasteiger charge is 2.31. The van der Waals surface area contributed by atoms with Gasteiger partial charge in [0.2, 0.25) is 0 Å². The molecule has 0 spiro atoms. The third kappa shape index (κ3) is 5.16. The summed E-state index contributed by atoms with van der Waals surface area (Å²) in [5.41, 5.74) is -1.48. The molecule has 0 saturated carbocycles. The SMILES string of the molecule is CCCN1CCN(CCN=Cc2c(O)c3cc(C(F)(F)F)ccc3[nH]c2=O)CC1. The number of piperazine rings is 1. The molecular formula is C20H25F3N4O2. The maximum atomic E-state index is 12.9. The van der Waals surface area contributed by atoms with Gasteiger partial charge in [0.15, 0.2) is 0 Å². The number of aromatic hydroxyl groups is 1. The summed E-state index contributed by atoms with van der Waals surface area (Å²) in [5.74, 6) is -0.494. The third-order valence-corrected chi connectivity index (χ3v) is 5.12. The van der Waals surface area contributed by atoms with Gasteiger partial charge >= 0.3 is 6.18 Å². The molecular weight excluding hydrogens is 385 g/mol. The first-order valence-electron chi connectivity index (χ1n) is 9.70. The molecule has 1 aromatic heterocycles. The molecule has 3 rings (SSSR count). The van der Waals surface area contributed by atoms with Gasteiger partial charge in [0, 0.05) is 44.3 Å². The van der Waals surface area contributed by atoms with E-state index in [9.17, 15) is 23.1 Å². The molecule has 0 amide bonds. The molecule has 0 unspecified atom stereocenters. The first kappa shape index (κ1) is 21.3. The Kier molecular flexibility index (Phi) is 6.59. The fraction of sp³-hybridized carbons (Fsp3) is 0.500. The van der Waals surface area contributed by atoms with Crippen LogP contribution in [0.2, 0.25) is 0 Å². The van der Waals surface area contributed by atoms with Crippen LogP contribution in [-0.4, -0.2) is 71.9 Å². The number of hydrogen-bond donors (Lipinski definition) is 2. The number of H-pyrrole nitrogens is 1. The number of rotatable bonds is 6. The van der Waals surface area contributed by atoms with Crippen molar-refractivity contribution in [3.63, 3.8) is 0 Å². The fourth-order valence-electron chi connectivity index (χ4n) is 3.50. The van der Waals surface area contributed by atoms with Gasteiger partial charge in [-0.25, -0.2) is 0 Å². The highest BCUT2D eigenvalue weighted by Crippen LogP contribution is 2.33. The lowest BCUT2D eigenvalue weighted by molar-refractivity contribution is -0.137. The van der Waals surface area contributed by atoms with Crippen LogP contribution < -0.4 is 5.56 Å². The molecule has 1 fully saturated rings. The summed E-state index contributed by atoms with van der Waals surface area (Å²) >= 11 is 0. The van der Waals surface area contributed by atoms with Crippen molar-refractivity contribution in [2.24, 2.45) is 4.99 Å². The molecule has 0 atom stereocenters. The number of nitrogens with one attached hydrogen (secondary N) is 1. The van der Waals surface area contributed by atoms with Crippen molar-refractivity contribution in [3.8, 4) is 5.75 Å². The number of aliphatic imine (C=N–C) groups is 1. The summed E-state index contributed by atoms with van der Waals surface area (Å²) in [6.45, 7) is 8.37. The summed E-state index contributed by atoms with van der Waals surface area (Å²) in [6.07, 6.45) is -2.16. The Labute approximate surface area is 166 Å². The predicted molar refractivity (Wildman–Crippen MR) is 107 cm³/mol. The van der Waals surface area contributed by atoms with Crippen LogP contribution >= 0.6 is 0 Å². The zero-order valence-corrected chi connectivity index (χ0v) is 16.3. The lowest BCUT2D eigenvalue weighted by Gasteiger charge is -2.34. The van der Waals surface area contributed by atoms with Gasteiger partial charge in [0.25, 0.3) is 5.56 Å². The third-order valence-electron chi connectivity index (χ3n) is 5.12. The average Bonchev–Trinajstić information content (AvgIpc) is 2.67. The molecule has 158 valence electrons. The second-order valence-corrected chi connectivity index (χ2v) is 7.19. The van der Waals surface area contributed by atoms with E-state index >= 15 is 0 Å². The zero-order chi connectivity index (χ0) is 21.0. The topological polar surface area (TPSA) is 71.9 Å². The van der Waals surface area contributed by atoms with Crippen molar-refractivity contribution in [1.29, 1.82) is 0 Å². The second-order valence-electron chi connectivity index (χ2n) is 7.19. The average molecular weight is 410 g/mol. The van der Waals surface area contributed by atoms with Crippen LogP contribution in [-0.2, 0) is 6.18 Å². The maximum absolute atomic E-state index is 12.9. The number of fused-ring (bicyclic) bond motifs is 1. The van der Waals surface area contributed by atoms with E-state index in [1.807, 2.05) is 0 Å². The number of halogens is 3. The Hall–Kier alpha value is -2.39. The van der Waals surface area contributed by atoms with Crippen LogP contribution in [0.4, 0.5) is 13.2 Å². The molecule has 1 saturated heterocycles. The first-order valence-corrected chi connectivity index (χ1v) is 9.70. The summed E-state index contributed by atoms with van der Waals surface area (Å²) in [7, 11) is 0. The molecule has 29 heavy (non-hydrogen) atoms. The van der Waals surface area contributed by atoms with E-state index in [1.165, 1.54) is 6.21 Å². The van der Waals surface area contributed by atoms with Gasteiger partial charge in [0.1, 0.15) is 5.75 Å². The fourth-order valence-corrected chi connectivity index (χ4v) is 3.50. The summed E-state index contributed by atoms with van der Waals surface area (Å²) in [4.78, 5) is 23.6. The van der Waals surface area contributed by atoms with Crippen molar-refractivity contribution in [2.75, 3.05) is 45.8 Å². The Balaban J connectivity index is 1.69. The molecule has 1 aliphatic heterocycles. The number of nitrogens with zero attached hydrogens (tertiary/aromatic N) is 3. The number of hydrogen-bond acceptors (Lipinski definition) is 5. The van der Waals surface area contributed by atoms with Gasteiger partial charge in [-0.1, -0.05) is 6.92 Å². The zero-order valence-electron chi connectivity index (χ0n) is 16.3. The lowest BCUT2D eigenvalue weighted by Crippen LogP contribution is -2.47. The highest BCUT2D eigenvalue weighted by atomic mass is 19.4. The predicted octanol–water partition coefficient (Wildman–Crippen LogP) is 2.70. The summed E-state index contributed by atoms with van der Waals surface area (Å²) < 4.78 is 38.8. The number of aromatic amines is 1. The second kappa shape index (κ2) is 8.96. The van der Waals surface area contributed by atoms with Crippen molar-refractivity contribution >= 4 is 17.1 Å². The van der Waals surface area contributed by atoms with Gasteiger partial charge in [0.05, 0.1) is 23.2 Å². The van der Waals surface area contributed by atoms with Crippen molar-refractivity contribution < 1.29 is 18.3 Å². The molecule has 6 nitrogen and oxygen atoms in total. The highest BCUT2D eigenvalue weighted by molar-refractivity contribution is 5.94. The number of aromatic nitrogens is 1. The molecule has 1 aliphatic rings. The van der Waals surface area contributed by atoms with Crippen molar-refractivity contribution in [2.45, 2.75) is 19.5 Å². The molecule has 0 radical (unpaired) electrons. The minimum absolute atomic E-state index is 0.0621. The largest absolute Gasteiger partial charge is 0.506 e. The van der Waals surface area contributed by atoms with Crippen molar-refractivity contribution in [3.05, 3.63) is 39.7 Å². The molecule has 0 bridgehead atoms. The van der Waals surface area contributed by atoms with Gasteiger partial charge in [-0.2, -0.15) is 13.2 Å². The Morgan fingerprint density at radius 2 is 1.83 bits per heavy atom. The number of benzene rings is 1. The van der Waals surface area contributed by atoms with E-state index in [0.29, 0.717) is 6.54 Å². The van der Waals surface area contributed by atoms with E-state index in [2.05, 4.69) is 26.7 Å². The molecule has 0 aliphatic carbocycles. The minimum Gasteiger partial charge on any atom is -0.506 e. The molecule has 9 heteroatoms. The standard InChI is InChI=1S/C20H25F3N4O2/c1-2-6-26-8-10-27(11-9-26)7-5-24-13-16-18(28)15-12-14(20(21,22)23)3-4-17(15)25-19(16)29/h3-4,12-13H,2,5-11H2,1H3,(H2,25,28,29). The van der Waals surface area contributed by atoms with Gasteiger partial charge in [-0.05, 0) is 31.2 Å². The Morgan fingerprint density at radius 3 is 2.45 bits per heavy atom. The quantitative estimate of drug-likeness (QED) is 0.719. The lowest BCUT2D eigenvalue weighted by atomic mass is 10.1. The number of alkyl halides is 3. The monoisotopic (exact) mass is 410 g/mol. The molecule has 2 N–H and O–H groups in total. The normalized spacial score (nSPS) is 16.8. The summed E-state index contributed by atoms with van der Waals surface area (Å²) in [6, 6.07) is 2.83. The van der Waals surface area contributed by atoms with E-state index in [1.54, 1.807) is 0 Å². The van der Waals surface area contributed by atoms with E-state index in [-0.39, 0.29) is 16.5 Å². The van der Waals surface area contributed by atoms with Gasteiger partial charge < -0.3 is 15.0 Å². The smallest absolute Gasteiger partial charge is 0.416 e. The number of pyridine rings is 1. The van der Waals surface area contributed by atoms with E-state index in [0.717, 1.165) is 63.9 Å². The van der Waals surface area contributed by atoms with Gasteiger partial charge in [-0.15, -0.1) is 0 Å². The van der Waals surface area contributed by atoms with Crippen molar-refractivity contribution in [1.82, 2.24) is 14.8 Å². The Bertz CT molecular complexity index is 932. The first-order chi connectivity index (χ1) is 13.8. The van der Waals surface area contributed by atoms with Crippen LogP contribution in [0.3, 0.4) is 0 Å². The molecule has 2 aromatic rings. The maximum Gasteiger partial charge on any atom is 0.416 e. The molecule has 1 aromatic carbocycles. The minimum atomic E-state index is -4.54. The van der Waals surface area contributed by atoms with Crippen LogP contribution in [0.1, 0.15) is 24.5 Å². The van der Waals surface area contributed by atoms with Crippen LogP contribution in [0.15, 0.2) is 28.0 Å². The Morgan fingerprint density at radius 1 is 1.17 bits per heavy atom. The van der Waals surface area contributed by atoms with Gasteiger partial charge in [-0.3, -0.25) is 14.7 Å².